The number of benzene rings is 2. The molecule has 2 atom stereocenters. The maximum absolute atomic E-state index is 13.0. The summed E-state index contributed by atoms with van der Waals surface area (Å²) in [5.41, 5.74) is 1.86. The van der Waals surface area contributed by atoms with E-state index in [0.717, 1.165) is 14.7 Å². The van der Waals surface area contributed by atoms with Crippen LogP contribution in [0.3, 0.4) is 0 Å². The van der Waals surface area contributed by atoms with Crippen LogP contribution in [0.5, 0.6) is 0 Å². The minimum atomic E-state index is -3.29. The van der Waals surface area contributed by atoms with E-state index in [1.54, 1.807) is 0 Å². The topological polar surface area (TPSA) is 35.5 Å². The van der Waals surface area contributed by atoms with Gasteiger partial charge in [-0.1, -0.05) is 60.7 Å². The predicted octanol–water partition coefficient (Wildman–Crippen LogP) is 5.40. The van der Waals surface area contributed by atoms with Crippen LogP contribution in [0.15, 0.2) is 64.2 Å². The summed E-state index contributed by atoms with van der Waals surface area (Å²) in [6.07, 6.45) is -0.340. The molecule has 0 fully saturated rings. The van der Waals surface area contributed by atoms with Crippen LogP contribution < -0.4 is 0 Å². The quantitative estimate of drug-likeness (QED) is 0.500. The Bertz CT molecular complexity index is 713. The van der Waals surface area contributed by atoms with E-state index in [1.165, 1.54) is 7.11 Å². The van der Waals surface area contributed by atoms with Crippen molar-refractivity contribution in [3.8, 4) is 0 Å². The van der Waals surface area contributed by atoms with Crippen LogP contribution in [0.25, 0.3) is 5.31 Å². The van der Waals surface area contributed by atoms with Crippen LogP contribution in [0, 0.1) is 0 Å². The summed E-state index contributed by atoms with van der Waals surface area (Å²) in [4.78, 5) is 0. The Labute approximate surface area is 137 Å². The summed E-state index contributed by atoms with van der Waals surface area (Å²) >= 11 is 2.21. The third-order valence-electron chi connectivity index (χ3n) is 3.36. The summed E-state index contributed by atoms with van der Waals surface area (Å²) in [6.45, 7) is 0. The lowest BCUT2D eigenvalue weighted by Gasteiger charge is -2.15. The molecule has 2 aromatic rings. The van der Waals surface area contributed by atoms with Crippen molar-refractivity contribution in [3.05, 3.63) is 75.4 Å². The van der Waals surface area contributed by atoms with Gasteiger partial charge in [-0.2, -0.15) is 0 Å². The molecule has 108 valence electrons. The highest BCUT2D eigenvalue weighted by Gasteiger charge is 2.44. The first-order chi connectivity index (χ1) is 10.2. The Morgan fingerprint density at radius 2 is 1.62 bits per heavy atom. The number of hydrogen-bond donors (Lipinski definition) is 0. The summed E-state index contributed by atoms with van der Waals surface area (Å²) in [5, 5.41) is 0.667. The van der Waals surface area contributed by atoms with E-state index in [-0.39, 0.29) is 6.10 Å². The van der Waals surface area contributed by atoms with E-state index in [1.807, 2.05) is 60.7 Å². The van der Waals surface area contributed by atoms with Crippen LogP contribution in [0.2, 0.25) is 0 Å². The smallest absolute Gasteiger partial charge is 0.309 e. The molecule has 0 radical (unpaired) electrons. The fourth-order valence-electron chi connectivity index (χ4n) is 2.35. The Hall–Kier alpha value is -0.940. The Morgan fingerprint density at radius 1 is 1.05 bits per heavy atom. The van der Waals surface area contributed by atoms with Gasteiger partial charge in [0.05, 0.1) is 5.31 Å². The van der Waals surface area contributed by atoms with Crippen molar-refractivity contribution in [1.82, 2.24) is 0 Å². The van der Waals surface area contributed by atoms with Gasteiger partial charge in [-0.3, -0.25) is 9.09 Å². The molecule has 1 heterocycles. The third-order valence-corrected chi connectivity index (χ3v) is 6.91. The minimum absolute atomic E-state index is 0.340. The second-order valence-electron chi connectivity index (χ2n) is 4.64. The lowest BCUT2D eigenvalue weighted by molar-refractivity contribution is 0.213. The predicted molar refractivity (Wildman–Crippen MR) is 92.3 cm³/mol. The maximum Gasteiger partial charge on any atom is 0.363 e. The van der Waals surface area contributed by atoms with Gasteiger partial charge < -0.3 is 4.52 Å². The maximum atomic E-state index is 13.0. The molecule has 3 rings (SSSR count). The zero-order valence-electron chi connectivity index (χ0n) is 11.4. The van der Waals surface area contributed by atoms with Crippen LogP contribution >= 0.6 is 30.2 Å². The second kappa shape index (κ2) is 6.05. The zero-order chi connectivity index (χ0) is 14.9. The molecule has 0 aromatic heterocycles. The molecular formula is C16H14IO3P. The van der Waals surface area contributed by atoms with Gasteiger partial charge >= 0.3 is 7.60 Å². The second-order valence-corrected chi connectivity index (χ2v) is 7.82. The van der Waals surface area contributed by atoms with E-state index < -0.39 is 7.60 Å². The van der Waals surface area contributed by atoms with Gasteiger partial charge in [-0.15, -0.1) is 0 Å². The first-order valence-electron chi connectivity index (χ1n) is 6.50. The molecule has 0 saturated carbocycles. The molecule has 5 heteroatoms. The molecule has 3 nitrogen and oxygen atoms in total. The Morgan fingerprint density at radius 3 is 2.19 bits per heavy atom. The molecule has 0 aliphatic carbocycles. The third kappa shape index (κ3) is 2.73. The molecule has 21 heavy (non-hydrogen) atoms. The van der Waals surface area contributed by atoms with Crippen LogP contribution in [0.1, 0.15) is 17.2 Å². The molecule has 2 aromatic carbocycles. The van der Waals surface area contributed by atoms with E-state index in [2.05, 4.69) is 22.6 Å². The standard InChI is InChI=1S/C16H14IO3P/c1-19-21(18)16(13-10-6-3-7-11-13)14(17)15(20-21)12-8-4-2-5-9-12/h2-11,15H,1H3. The highest BCUT2D eigenvalue weighted by Crippen LogP contribution is 2.71. The molecule has 0 N–H and O–H groups in total. The molecular weight excluding hydrogens is 398 g/mol. The van der Waals surface area contributed by atoms with Gasteiger partial charge in [0.15, 0.2) is 0 Å². The van der Waals surface area contributed by atoms with Crippen LogP contribution in [-0.2, 0) is 13.6 Å². The fraction of sp³-hybridized carbons (Fsp3) is 0.125. The van der Waals surface area contributed by atoms with Crippen molar-refractivity contribution < 1.29 is 13.6 Å². The first kappa shape index (κ1) is 15.0. The van der Waals surface area contributed by atoms with E-state index in [4.69, 9.17) is 9.05 Å². The molecule has 1 aliphatic heterocycles. The average Bonchev–Trinajstić information content (AvgIpc) is 2.81. The number of rotatable bonds is 3. The fourth-order valence-corrected chi connectivity index (χ4v) is 5.96. The number of halogens is 1. The largest absolute Gasteiger partial charge is 0.363 e. The van der Waals surface area contributed by atoms with Gasteiger partial charge in [0.2, 0.25) is 0 Å². The first-order valence-corrected chi connectivity index (χ1v) is 9.12. The van der Waals surface area contributed by atoms with E-state index in [9.17, 15) is 4.57 Å². The SMILES string of the molecule is COP1(=O)OC(c2ccccc2)C(I)=C1c1ccccc1. The van der Waals surface area contributed by atoms with Gasteiger partial charge in [-0.25, -0.2) is 0 Å². The molecule has 2 unspecified atom stereocenters. The van der Waals surface area contributed by atoms with Crippen molar-refractivity contribution in [2.75, 3.05) is 7.11 Å². The Kier molecular flexibility index (Phi) is 4.31. The summed E-state index contributed by atoms with van der Waals surface area (Å²) in [5.74, 6) is 0. The average molecular weight is 412 g/mol. The van der Waals surface area contributed by atoms with Crippen molar-refractivity contribution in [2.24, 2.45) is 0 Å². The van der Waals surface area contributed by atoms with Crippen molar-refractivity contribution in [2.45, 2.75) is 6.10 Å². The molecule has 0 bridgehead atoms. The normalized spacial score (nSPS) is 25.3. The zero-order valence-corrected chi connectivity index (χ0v) is 14.5. The number of hydrogen-bond acceptors (Lipinski definition) is 3. The van der Waals surface area contributed by atoms with Gasteiger partial charge in [0, 0.05) is 10.7 Å². The molecule has 0 amide bonds. The van der Waals surface area contributed by atoms with Crippen molar-refractivity contribution >= 4 is 35.5 Å². The summed E-state index contributed by atoms with van der Waals surface area (Å²) in [6, 6.07) is 19.4. The summed E-state index contributed by atoms with van der Waals surface area (Å²) in [7, 11) is -1.86. The molecule has 0 saturated heterocycles. The van der Waals surface area contributed by atoms with E-state index >= 15 is 0 Å². The van der Waals surface area contributed by atoms with Crippen LogP contribution in [0.4, 0.5) is 0 Å². The van der Waals surface area contributed by atoms with E-state index in [0.29, 0.717) is 5.31 Å². The van der Waals surface area contributed by atoms with Crippen molar-refractivity contribution in [1.29, 1.82) is 0 Å². The van der Waals surface area contributed by atoms with Crippen molar-refractivity contribution in [3.63, 3.8) is 0 Å². The molecule has 1 aliphatic rings. The lowest BCUT2D eigenvalue weighted by Crippen LogP contribution is -1.96. The minimum Gasteiger partial charge on any atom is -0.309 e. The van der Waals surface area contributed by atoms with Gasteiger partial charge in [-0.05, 0) is 33.7 Å². The monoisotopic (exact) mass is 412 g/mol. The van der Waals surface area contributed by atoms with Gasteiger partial charge in [0.25, 0.3) is 0 Å². The van der Waals surface area contributed by atoms with Crippen LogP contribution in [-0.4, -0.2) is 7.11 Å². The highest BCUT2D eigenvalue weighted by atomic mass is 127. The Balaban J connectivity index is 2.13. The molecule has 0 spiro atoms. The highest BCUT2D eigenvalue weighted by molar-refractivity contribution is 14.1. The summed E-state index contributed by atoms with van der Waals surface area (Å²) < 4.78 is 25.0. The lowest BCUT2D eigenvalue weighted by atomic mass is 10.1. The van der Waals surface area contributed by atoms with Gasteiger partial charge in [0.1, 0.15) is 6.10 Å².